The van der Waals surface area contributed by atoms with Crippen LogP contribution in [0.4, 0.5) is 5.82 Å². The van der Waals surface area contributed by atoms with Crippen molar-refractivity contribution >= 4 is 5.82 Å². The molecule has 1 aromatic rings. The molecule has 0 saturated heterocycles. The second-order valence-corrected chi connectivity index (χ2v) is 5.76. The molecule has 17 heavy (non-hydrogen) atoms. The first-order valence-electron chi connectivity index (χ1n) is 6.78. The van der Waals surface area contributed by atoms with E-state index in [1.54, 1.807) is 12.4 Å². The number of aryl methyl sites for hydroxylation is 1. The Labute approximate surface area is 103 Å². The van der Waals surface area contributed by atoms with Gasteiger partial charge in [0.15, 0.2) is 0 Å². The minimum Gasteiger partial charge on any atom is -0.366 e. The van der Waals surface area contributed by atoms with Crippen LogP contribution in [0.5, 0.6) is 0 Å². The molecule has 2 saturated carbocycles. The van der Waals surface area contributed by atoms with E-state index in [0.29, 0.717) is 6.04 Å². The maximum absolute atomic E-state index is 4.38. The SMILES string of the molecule is Cc1nccnc1NC(C)C1CC2CCC1C2. The van der Waals surface area contributed by atoms with Crippen LogP contribution in [0.3, 0.4) is 0 Å². The first kappa shape index (κ1) is 11.0. The first-order chi connectivity index (χ1) is 8.24. The quantitative estimate of drug-likeness (QED) is 0.869. The third kappa shape index (κ3) is 2.03. The molecule has 1 N–H and O–H groups in total. The summed E-state index contributed by atoms with van der Waals surface area (Å²) < 4.78 is 0. The van der Waals surface area contributed by atoms with Crippen LogP contribution in [0.1, 0.15) is 38.3 Å². The Balaban J connectivity index is 1.68. The van der Waals surface area contributed by atoms with Crippen LogP contribution in [0.25, 0.3) is 0 Å². The molecule has 0 radical (unpaired) electrons. The van der Waals surface area contributed by atoms with Crippen LogP contribution in [-0.4, -0.2) is 16.0 Å². The van der Waals surface area contributed by atoms with E-state index in [1.807, 2.05) is 6.92 Å². The molecule has 3 heteroatoms. The topological polar surface area (TPSA) is 37.8 Å². The lowest BCUT2D eigenvalue weighted by Crippen LogP contribution is -2.30. The molecule has 2 aliphatic rings. The summed E-state index contributed by atoms with van der Waals surface area (Å²) in [5.74, 6) is 3.77. The van der Waals surface area contributed by atoms with E-state index < -0.39 is 0 Å². The van der Waals surface area contributed by atoms with E-state index >= 15 is 0 Å². The average Bonchev–Trinajstić information content (AvgIpc) is 2.94. The van der Waals surface area contributed by atoms with Crippen molar-refractivity contribution < 1.29 is 0 Å². The highest BCUT2D eigenvalue weighted by molar-refractivity contribution is 5.39. The molecule has 2 aliphatic carbocycles. The summed E-state index contributed by atoms with van der Waals surface area (Å²) in [6.07, 6.45) is 9.32. The lowest BCUT2D eigenvalue weighted by Gasteiger charge is -2.29. The summed E-state index contributed by atoms with van der Waals surface area (Å²) in [4.78, 5) is 8.66. The van der Waals surface area contributed by atoms with E-state index in [2.05, 4.69) is 22.2 Å². The highest BCUT2D eigenvalue weighted by Crippen LogP contribution is 2.49. The molecular formula is C14H21N3. The van der Waals surface area contributed by atoms with Crippen molar-refractivity contribution in [3.63, 3.8) is 0 Å². The standard InChI is InChI=1S/C14H21N3/c1-9(13-8-11-3-4-12(13)7-11)17-14-10(2)15-5-6-16-14/h5-6,9,11-13H,3-4,7-8H2,1-2H3,(H,16,17). The van der Waals surface area contributed by atoms with Gasteiger partial charge in [-0.25, -0.2) is 4.98 Å². The summed E-state index contributed by atoms with van der Waals surface area (Å²) in [6.45, 7) is 4.32. The lowest BCUT2D eigenvalue weighted by atomic mass is 9.84. The fraction of sp³-hybridized carbons (Fsp3) is 0.714. The number of aromatic nitrogens is 2. The van der Waals surface area contributed by atoms with Gasteiger partial charge in [-0.3, -0.25) is 4.98 Å². The van der Waals surface area contributed by atoms with Crippen molar-refractivity contribution in [2.75, 3.05) is 5.32 Å². The predicted molar refractivity (Wildman–Crippen MR) is 68.8 cm³/mol. The van der Waals surface area contributed by atoms with Gasteiger partial charge in [0.2, 0.25) is 0 Å². The van der Waals surface area contributed by atoms with E-state index in [-0.39, 0.29) is 0 Å². The fourth-order valence-electron chi connectivity index (χ4n) is 3.78. The Morgan fingerprint density at radius 3 is 2.71 bits per heavy atom. The molecule has 2 bridgehead atoms. The molecule has 0 amide bonds. The molecule has 0 aliphatic heterocycles. The van der Waals surface area contributed by atoms with Gasteiger partial charge in [0.25, 0.3) is 0 Å². The first-order valence-corrected chi connectivity index (χ1v) is 6.78. The van der Waals surface area contributed by atoms with Crippen molar-refractivity contribution in [1.29, 1.82) is 0 Å². The predicted octanol–water partition coefficient (Wildman–Crippen LogP) is 3.02. The van der Waals surface area contributed by atoms with Crippen molar-refractivity contribution in [1.82, 2.24) is 9.97 Å². The average molecular weight is 231 g/mol. The Morgan fingerprint density at radius 1 is 1.24 bits per heavy atom. The summed E-state index contributed by atoms with van der Waals surface area (Å²) in [5, 5.41) is 3.56. The molecule has 1 heterocycles. The van der Waals surface area contributed by atoms with Crippen molar-refractivity contribution in [2.24, 2.45) is 17.8 Å². The molecule has 1 aromatic heterocycles. The maximum atomic E-state index is 4.38. The van der Waals surface area contributed by atoms with E-state index in [4.69, 9.17) is 0 Å². The van der Waals surface area contributed by atoms with Gasteiger partial charge < -0.3 is 5.32 Å². The molecule has 2 fully saturated rings. The van der Waals surface area contributed by atoms with Crippen LogP contribution in [-0.2, 0) is 0 Å². The molecular weight excluding hydrogens is 210 g/mol. The second kappa shape index (κ2) is 4.28. The Kier molecular flexibility index (Phi) is 2.77. The highest BCUT2D eigenvalue weighted by atomic mass is 15.0. The monoisotopic (exact) mass is 231 g/mol. The Hall–Kier alpha value is -1.12. The summed E-state index contributed by atoms with van der Waals surface area (Å²) in [7, 11) is 0. The van der Waals surface area contributed by atoms with Crippen LogP contribution < -0.4 is 5.32 Å². The second-order valence-electron chi connectivity index (χ2n) is 5.76. The van der Waals surface area contributed by atoms with Gasteiger partial charge >= 0.3 is 0 Å². The van der Waals surface area contributed by atoms with E-state index in [0.717, 1.165) is 29.3 Å². The number of nitrogens with zero attached hydrogens (tertiary/aromatic N) is 2. The number of hydrogen-bond donors (Lipinski definition) is 1. The third-order valence-electron chi connectivity index (χ3n) is 4.68. The number of anilines is 1. The molecule has 0 spiro atoms. The van der Waals surface area contributed by atoms with E-state index in [1.165, 1.54) is 25.7 Å². The lowest BCUT2D eigenvalue weighted by molar-refractivity contribution is 0.304. The van der Waals surface area contributed by atoms with Crippen molar-refractivity contribution in [3.05, 3.63) is 18.1 Å². The number of rotatable bonds is 3. The Morgan fingerprint density at radius 2 is 2.06 bits per heavy atom. The van der Waals surface area contributed by atoms with Crippen LogP contribution in [0, 0.1) is 24.7 Å². The number of nitrogens with one attached hydrogen (secondary N) is 1. The van der Waals surface area contributed by atoms with Gasteiger partial charge in [-0.1, -0.05) is 6.42 Å². The summed E-state index contributed by atoms with van der Waals surface area (Å²) in [6, 6.07) is 0.528. The summed E-state index contributed by atoms with van der Waals surface area (Å²) >= 11 is 0. The largest absolute Gasteiger partial charge is 0.366 e. The minimum atomic E-state index is 0.528. The summed E-state index contributed by atoms with van der Waals surface area (Å²) in [5.41, 5.74) is 1.00. The van der Waals surface area contributed by atoms with Gasteiger partial charge in [-0.05, 0) is 50.9 Å². The van der Waals surface area contributed by atoms with Gasteiger partial charge in [0, 0.05) is 18.4 Å². The molecule has 3 rings (SSSR count). The van der Waals surface area contributed by atoms with Crippen molar-refractivity contribution in [2.45, 2.75) is 45.6 Å². The van der Waals surface area contributed by atoms with Gasteiger partial charge in [-0.2, -0.15) is 0 Å². The van der Waals surface area contributed by atoms with Crippen LogP contribution in [0.2, 0.25) is 0 Å². The molecule has 92 valence electrons. The maximum Gasteiger partial charge on any atom is 0.147 e. The van der Waals surface area contributed by atoms with Gasteiger partial charge in [-0.15, -0.1) is 0 Å². The highest BCUT2D eigenvalue weighted by Gasteiger charge is 2.41. The van der Waals surface area contributed by atoms with E-state index in [9.17, 15) is 0 Å². The zero-order valence-electron chi connectivity index (χ0n) is 10.7. The molecule has 4 unspecified atom stereocenters. The van der Waals surface area contributed by atoms with Crippen molar-refractivity contribution in [3.8, 4) is 0 Å². The minimum absolute atomic E-state index is 0.528. The normalized spacial score (nSPS) is 32.7. The number of hydrogen-bond acceptors (Lipinski definition) is 3. The molecule has 0 aromatic carbocycles. The fourth-order valence-corrected chi connectivity index (χ4v) is 3.78. The van der Waals surface area contributed by atoms with Gasteiger partial charge in [0.05, 0.1) is 5.69 Å². The van der Waals surface area contributed by atoms with Crippen LogP contribution >= 0.6 is 0 Å². The zero-order chi connectivity index (χ0) is 11.8. The molecule has 4 atom stereocenters. The zero-order valence-corrected chi connectivity index (χ0v) is 10.7. The smallest absolute Gasteiger partial charge is 0.147 e. The van der Waals surface area contributed by atoms with Crippen LogP contribution in [0.15, 0.2) is 12.4 Å². The molecule has 3 nitrogen and oxygen atoms in total. The Bertz CT molecular complexity index is 404. The third-order valence-corrected chi connectivity index (χ3v) is 4.68. The number of fused-ring (bicyclic) bond motifs is 2. The van der Waals surface area contributed by atoms with Gasteiger partial charge in [0.1, 0.15) is 5.82 Å².